The average molecular weight is 370 g/mol. The summed E-state index contributed by atoms with van der Waals surface area (Å²) in [6.07, 6.45) is -4.72. The third kappa shape index (κ3) is 4.11. The van der Waals surface area contributed by atoms with Crippen LogP contribution >= 0.6 is 0 Å². The number of piperidine rings is 1. The third-order valence-electron chi connectivity index (χ3n) is 5.21. The van der Waals surface area contributed by atoms with Crippen molar-refractivity contribution in [2.75, 3.05) is 13.1 Å². The van der Waals surface area contributed by atoms with Crippen molar-refractivity contribution in [2.45, 2.75) is 63.4 Å². The lowest BCUT2D eigenvalue weighted by Crippen LogP contribution is -2.53. The van der Waals surface area contributed by atoms with Crippen molar-refractivity contribution in [2.24, 2.45) is 11.3 Å². The van der Waals surface area contributed by atoms with Gasteiger partial charge in [0.2, 0.25) is 0 Å². The monoisotopic (exact) mass is 370 g/mol. The van der Waals surface area contributed by atoms with Crippen LogP contribution < -0.4 is 4.72 Å². The van der Waals surface area contributed by atoms with Crippen molar-refractivity contribution < 1.29 is 27.6 Å². The molecule has 0 radical (unpaired) electrons. The summed E-state index contributed by atoms with van der Waals surface area (Å²) in [6.45, 7) is 5.75. The Morgan fingerprint density at radius 1 is 1.29 bits per heavy atom. The quantitative estimate of drug-likeness (QED) is 0.732. The molecule has 140 valence electrons. The summed E-state index contributed by atoms with van der Waals surface area (Å²) in [6, 6.07) is -0.514. The summed E-state index contributed by atoms with van der Waals surface area (Å²) < 4.78 is 54.5. The number of halogens is 3. The highest BCUT2D eigenvalue weighted by atomic mass is 32.2. The molecule has 0 aromatic heterocycles. The van der Waals surface area contributed by atoms with Gasteiger partial charge in [-0.3, -0.25) is 0 Å². The number of hydrogen-bond donors (Lipinski definition) is 2. The van der Waals surface area contributed by atoms with E-state index >= 15 is 0 Å². The van der Waals surface area contributed by atoms with Crippen molar-refractivity contribution in [3.8, 4) is 0 Å². The minimum Gasteiger partial charge on any atom is -0.598 e. The van der Waals surface area contributed by atoms with Gasteiger partial charge in [0.05, 0.1) is 12.0 Å². The molecule has 1 spiro atoms. The molecule has 0 aromatic rings. The van der Waals surface area contributed by atoms with Gasteiger partial charge >= 0.3 is 12.3 Å². The highest BCUT2D eigenvalue weighted by Gasteiger charge is 2.57. The SMILES string of the molecule is CC(C)(C)[S@@+]([O-])N[C@@H]1CC(C(F)(F)F)CC12CCN(C(=O)O)CC2. The van der Waals surface area contributed by atoms with E-state index in [-0.39, 0.29) is 25.9 Å². The summed E-state index contributed by atoms with van der Waals surface area (Å²) in [5.74, 6) is -1.43. The van der Waals surface area contributed by atoms with E-state index in [0.717, 1.165) is 0 Å². The van der Waals surface area contributed by atoms with Crippen molar-refractivity contribution in [3.05, 3.63) is 0 Å². The van der Waals surface area contributed by atoms with Crippen LogP contribution in [0.4, 0.5) is 18.0 Å². The maximum Gasteiger partial charge on any atom is 0.407 e. The van der Waals surface area contributed by atoms with Crippen LogP contribution in [0.1, 0.15) is 46.5 Å². The van der Waals surface area contributed by atoms with Crippen LogP contribution in [-0.4, -0.2) is 50.7 Å². The van der Waals surface area contributed by atoms with Crippen LogP contribution in [0.25, 0.3) is 0 Å². The molecule has 2 fully saturated rings. The predicted molar refractivity (Wildman–Crippen MR) is 84.9 cm³/mol. The second-order valence-electron chi connectivity index (χ2n) is 7.86. The maximum atomic E-state index is 13.2. The van der Waals surface area contributed by atoms with Gasteiger partial charge in [0.15, 0.2) is 0 Å². The van der Waals surface area contributed by atoms with E-state index in [9.17, 15) is 22.5 Å². The van der Waals surface area contributed by atoms with Gasteiger partial charge in [-0.2, -0.15) is 13.2 Å². The summed E-state index contributed by atoms with van der Waals surface area (Å²) in [7, 11) is 0. The fraction of sp³-hybridized carbons (Fsp3) is 0.933. The zero-order valence-corrected chi connectivity index (χ0v) is 15.0. The Hall–Kier alpha value is -0.670. The summed E-state index contributed by atoms with van der Waals surface area (Å²) in [5.41, 5.74) is -0.646. The lowest BCUT2D eigenvalue weighted by atomic mass is 9.74. The molecule has 1 aliphatic carbocycles. The van der Waals surface area contributed by atoms with E-state index in [0.29, 0.717) is 12.8 Å². The normalized spacial score (nSPS) is 29.0. The van der Waals surface area contributed by atoms with Gasteiger partial charge in [0, 0.05) is 24.5 Å². The highest BCUT2D eigenvalue weighted by molar-refractivity contribution is 7.90. The molecule has 2 N–H and O–H groups in total. The molecule has 0 aromatic carbocycles. The summed E-state index contributed by atoms with van der Waals surface area (Å²) >= 11 is -1.46. The van der Waals surface area contributed by atoms with Crippen LogP contribution in [0.15, 0.2) is 0 Å². The van der Waals surface area contributed by atoms with Gasteiger partial charge in [-0.05, 0) is 51.9 Å². The minimum atomic E-state index is -4.28. The average Bonchev–Trinajstić information content (AvgIpc) is 2.77. The Morgan fingerprint density at radius 3 is 2.25 bits per heavy atom. The van der Waals surface area contributed by atoms with Gasteiger partial charge in [-0.1, -0.05) is 0 Å². The molecular formula is C15H25F3N2O3S. The van der Waals surface area contributed by atoms with Crippen LogP contribution in [0.5, 0.6) is 0 Å². The molecule has 3 atom stereocenters. The van der Waals surface area contributed by atoms with E-state index in [1.165, 1.54) is 4.90 Å². The van der Waals surface area contributed by atoms with Crippen LogP contribution in [0.3, 0.4) is 0 Å². The Bertz CT molecular complexity index is 474. The lowest BCUT2D eigenvalue weighted by Gasteiger charge is -2.43. The summed E-state index contributed by atoms with van der Waals surface area (Å²) in [5, 5.41) is 9.05. The second-order valence-corrected chi connectivity index (χ2v) is 9.86. The molecule has 2 rings (SSSR count). The molecule has 1 aliphatic heterocycles. The number of likely N-dealkylation sites (tertiary alicyclic amines) is 1. The number of amides is 1. The lowest BCUT2D eigenvalue weighted by molar-refractivity contribution is -0.175. The minimum absolute atomic E-state index is 0.0248. The molecule has 1 saturated heterocycles. The topological polar surface area (TPSA) is 75.6 Å². The van der Waals surface area contributed by atoms with E-state index in [4.69, 9.17) is 5.11 Å². The first-order valence-corrected chi connectivity index (χ1v) is 9.23. The van der Waals surface area contributed by atoms with Crippen LogP contribution in [-0.2, 0) is 11.4 Å². The number of nitrogens with zero attached hydrogens (tertiary/aromatic N) is 1. The number of nitrogens with one attached hydrogen (secondary N) is 1. The number of hydrogen-bond acceptors (Lipinski definition) is 3. The van der Waals surface area contributed by atoms with E-state index < -0.39 is 45.8 Å². The van der Waals surface area contributed by atoms with Gasteiger partial charge in [0.25, 0.3) is 0 Å². The van der Waals surface area contributed by atoms with Crippen LogP contribution in [0, 0.1) is 11.3 Å². The maximum absolute atomic E-state index is 13.2. The fourth-order valence-electron chi connectivity index (χ4n) is 3.68. The zero-order chi connectivity index (χ0) is 18.3. The van der Waals surface area contributed by atoms with Crippen molar-refractivity contribution in [1.29, 1.82) is 0 Å². The zero-order valence-electron chi connectivity index (χ0n) is 14.2. The van der Waals surface area contributed by atoms with Gasteiger partial charge in [-0.15, -0.1) is 4.72 Å². The number of alkyl halides is 3. The Kier molecular flexibility index (Phi) is 5.38. The van der Waals surface area contributed by atoms with Crippen LogP contribution in [0.2, 0.25) is 0 Å². The predicted octanol–water partition coefficient (Wildman–Crippen LogP) is 3.14. The van der Waals surface area contributed by atoms with Gasteiger partial charge in [0.1, 0.15) is 4.75 Å². The summed E-state index contributed by atoms with van der Waals surface area (Å²) in [4.78, 5) is 12.3. The van der Waals surface area contributed by atoms with E-state index in [2.05, 4.69) is 4.72 Å². The molecule has 0 bridgehead atoms. The number of rotatable bonds is 2. The van der Waals surface area contributed by atoms with Crippen molar-refractivity contribution in [1.82, 2.24) is 9.62 Å². The molecule has 1 saturated carbocycles. The van der Waals surface area contributed by atoms with E-state index in [1.54, 1.807) is 20.8 Å². The molecule has 1 heterocycles. The fourth-order valence-corrected chi connectivity index (χ4v) is 4.63. The first-order valence-electron chi connectivity index (χ1n) is 8.08. The van der Waals surface area contributed by atoms with E-state index in [1.807, 2.05) is 0 Å². The smallest absolute Gasteiger partial charge is 0.407 e. The Morgan fingerprint density at radius 2 is 1.83 bits per heavy atom. The van der Waals surface area contributed by atoms with Crippen molar-refractivity contribution >= 4 is 17.5 Å². The first-order chi connectivity index (χ1) is 10.8. The standard InChI is InChI=1S/C15H25F3N2O3S/c1-13(2,3)24(23)19-11-8-10(15(16,17)18)9-14(11)4-6-20(7-5-14)12(21)22/h10-11,19H,4-9H2,1-3H3,(H,21,22)/t10?,11-,24-/m1/s1. The Labute approximate surface area is 143 Å². The number of carboxylic acid groups (broad SMARTS) is 1. The van der Waals surface area contributed by atoms with Gasteiger partial charge in [-0.25, -0.2) is 4.79 Å². The molecule has 1 amide bonds. The number of carbonyl (C=O) groups is 1. The molecule has 9 heteroatoms. The molecule has 5 nitrogen and oxygen atoms in total. The highest BCUT2D eigenvalue weighted by Crippen LogP contribution is 2.53. The largest absolute Gasteiger partial charge is 0.598 e. The Balaban J connectivity index is 2.17. The molecule has 1 unspecified atom stereocenters. The molecule has 2 aliphatic rings. The molecular weight excluding hydrogens is 345 g/mol. The third-order valence-corrected chi connectivity index (χ3v) is 6.82. The van der Waals surface area contributed by atoms with Crippen molar-refractivity contribution in [3.63, 3.8) is 0 Å². The second kappa shape index (κ2) is 6.57. The molecule has 24 heavy (non-hydrogen) atoms. The first kappa shape index (κ1) is 19.7. The van der Waals surface area contributed by atoms with Gasteiger partial charge < -0.3 is 14.6 Å².